The second-order valence-electron chi connectivity index (χ2n) is 27.8. The topological polar surface area (TPSA) is 184 Å². The van der Waals surface area contributed by atoms with Crippen LogP contribution in [-0.4, -0.2) is 156 Å². The number of ether oxygens (including phenoxy) is 7. The van der Waals surface area contributed by atoms with Crippen molar-refractivity contribution in [2.45, 2.75) is 238 Å². The summed E-state index contributed by atoms with van der Waals surface area (Å²) in [6, 6.07) is 16.5. The van der Waals surface area contributed by atoms with Crippen LogP contribution in [0, 0.1) is 11.3 Å². The Hall–Kier alpha value is -3.45. The lowest BCUT2D eigenvalue weighted by molar-refractivity contribution is -0.167. The van der Waals surface area contributed by atoms with Crippen molar-refractivity contribution in [2.24, 2.45) is 11.3 Å². The predicted molar refractivity (Wildman–Crippen MR) is 335 cm³/mol. The molecule has 1 N–H and O–H groups in total. The van der Waals surface area contributed by atoms with Gasteiger partial charge in [-0.25, -0.2) is 9.69 Å². The molecule has 0 aliphatic carbocycles. The van der Waals surface area contributed by atoms with Crippen LogP contribution in [0.5, 0.6) is 5.75 Å². The summed E-state index contributed by atoms with van der Waals surface area (Å²) >= 11 is 0. The normalized spacial score (nSPS) is 18.2. The molecule has 1 heterocycles. The molecule has 0 aromatic heterocycles. The minimum Gasteiger partial charge on any atom is -0.497 e. The summed E-state index contributed by atoms with van der Waals surface area (Å²) in [6.45, 7) is 40.0. The molecule has 83 heavy (non-hydrogen) atoms. The molecule has 3 rings (SSSR count). The Balaban J connectivity index is 2.08. The van der Waals surface area contributed by atoms with E-state index in [-0.39, 0.29) is 72.5 Å². The van der Waals surface area contributed by atoms with Gasteiger partial charge in [0.1, 0.15) is 31.0 Å². The average molecular weight is 1220 g/mol. The summed E-state index contributed by atoms with van der Waals surface area (Å²) in [6.07, 6.45) is -4.98. The number of benzene rings is 2. The van der Waals surface area contributed by atoms with Crippen LogP contribution < -0.4 is 4.74 Å². The fraction of sp³-hybridized carbons (Fsp3) is 0.719. The Morgan fingerprint density at radius 1 is 0.723 bits per heavy atom. The van der Waals surface area contributed by atoms with Crippen molar-refractivity contribution >= 4 is 48.5 Å². The first kappa shape index (κ1) is 73.8. The van der Waals surface area contributed by atoms with E-state index in [1.165, 1.54) is 21.3 Å². The number of cyclic esters (lactones) is 1. The second-order valence-corrected chi connectivity index (χ2v) is 42.1. The van der Waals surface area contributed by atoms with Gasteiger partial charge in [0.15, 0.2) is 36.8 Å². The molecule has 472 valence electrons. The van der Waals surface area contributed by atoms with Crippen LogP contribution in [0.1, 0.15) is 133 Å². The number of hydrogen-bond donors (Lipinski definition) is 1. The largest absolute Gasteiger partial charge is 0.497 e. The SMILES string of the molecule is CC[C@H](/C=C(/C)[C@H](CC(=O)C[C@H](O)C(C)(C)C(=O)[C@H](O[Si](C)(C)C(C)(C)C)[C@@H](C[C@H](C[C@@H](OC)[C@H](OCOC)C(=O)N1C(=O)OC[C@@H]1Cc1ccccc1)O[Si](C)(C)C(C)(C)C)OC)OCc1ccc(OC)cc1)CO[Si](C)(C)C(C)(C)C. The molecule has 0 bridgehead atoms. The van der Waals surface area contributed by atoms with Gasteiger partial charge in [0.2, 0.25) is 0 Å². The van der Waals surface area contributed by atoms with Gasteiger partial charge in [0.05, 0.1) is 55.7 Å². The molecule has 0 radical (unpaired) electrons. The van der Waals surface area contributed by atoms with Crippen LogP contribution in [0.25, 0.3) is 0 Å². The second kappa shape index (κ2) is 31.5. The number of Topliss-reactive ketones (excluding diaryl/α,β-unsaturated/α-hetero) is 2. The number of carbonyl (C=O) groups excluding carboxylic acids is 4. The smallest absolute Gasteiger partial charge is 0.417 e. The molecule has 2 aromatic rings. The lowest BCUT2D eigenvalue weighted by Gasteiger charge is -2.45. The highest BCUT2D eigenvalue weighted by Gasteiger charge is 2.51. The Bertz CT molecular complexity index is 2380. The molecule has 2 amide bonds. The molecular formula is C64H109NO15Si3. The standard InChI is InChI=1S/C64H109NO15Si3/c1-24-45(41-78-81(18,19)61(3,4)5)34-44(2)52(75-40-47-30-32-50(72-15)33-31-47)36-49(66)37-55(67)64(12,13)58(68)56(80-83(22,23)63(9,10)11)53(73-16)38-51(79-82(20,21)62(6,7)8)39-54(74-17)57(77-43-71-14)59(69)65-48(42-76-60(65)70)35-46-28-26-25-27-29-46/h25-34,45,48,51-57,67H,24,35-43H2,1-23H3/b44-34-/t45-,48+,51-,52+,53-,54-,55+,56-,57+/m1/s1. The number of ketones is 2. The van der Waals surface area contributed by atoms with E-state index in [1.54, 1.807) is 21.0 Å². The number of nitrogens with zero attached hydrogens (tertiary/aromatic N) is 1. The van der Waals surface area contributed by atoms with Crippen LogP contribution in [0.15, 0.2) is 66.2 Å². The Morgan fingerprint density at radius 3 is 1.77 bits per heavy atom. The molecule has 1 saturated heterocycles. The third kappa shape index (κ3) is 21.1. The summed E-state index contributed by atoms with van der Waals surface area (Å²) in [5.41, 5.74) is 1.17. The van der Waals surface area contributed by atoms with E-state index in [1.807, 2.05) is 61.5 Å². The highest BCUT2D eigenvalue weighted by atomic mass is 28.4. The van der Waals surface area contributed by atoms with Gasteiger partial charge in [0, 0.05) is 53.6 Å². The van der Waals surface area contributed by atoms with E-state index in [9.17, 15) is 19.5 Å². The number of aliphatic hydroxyl groups is 1. The van der Waals surface area contributed by atoms with Crippen LogP contribution in [0.4, 0.5) is 4.79 Å². The summed E-state index contributed by atoms with van der Waals surface area (Å²) in [5.74, 6) is -0.565. The summed E-state index contributed by atoms with van der Waals surface area (Å²) in [5, 5.41) is 11.7. The van der Waals surface area contributed by atoms with E-state index < -0.39 is 96.9 Å². The maximum absolute atomic E-state index is 15.6. The van der Waals surface area contributed by atoms with Crippen molar-refractivity contribution in [3.05, 3.63) is 77.4 Å². The van der Waals surface area contributed by atoms with Crippen LogP contribution in [0.3, 0.4) is 0 Å². The highest BCUT2D eigenvalue weighted by Crippen LogP contribution is 2.43. The van der Waals surface area contributed by atoms with Gasteiger partial charge < -0.3 is 51.5 Å². The average Bonchev–Trinajstić information content (AvgIpc) is 4.00. The number of methoxy groups -OCH3 is 4. The van der Waals surface area contributed by atoms with E-state index in [0.29, 0.717) is 13.0 Å². The number of aliphatic hydroxyl groups excluding tert-OH is 1. The van der Waals surface area contributed by atoms with Crippen molar-refractivity contribution in [1.29, 1.82) is 0 Å². The third-order valence-corrected chi connectivity index (χ3v) is 31.5. The number of carbonyl (C=O) groups is 4. The molecule has 1 aliphatic rings. The zero-order valence-corrected chi connectivity index (χ0v) is 58.2. The van der Waals surface area contributed by atoms with Gasteiger partial charge in [-0.3, -0.25) is 14.4 Å². The molecule has 0 saturated carbocycles. The molecule has 2 aromatic carbocycles. The van der Waals surface area contributed by atoms with Crippen molar-refractivity contribution in [3.8, 4) is 5.75 Å². The lowest BCUT2D eigenvalue weighted by atomic mass is 9.76. The molecule has 19 heteroatoms. The van der Waals surface area contributed by atoms with Crippen molar-refractivity contribution in [1.82, 2.24) is 4.90 Å². The van der Waals surface area contributed by atoms with Gasteiger partial charge in [0.25, 0.3) is 5.91 Å². The molecule has 0 spiro atoms. The number of amides is 2. The van der Waals surface area contributed by atoms with Crippen molar-refractivity contribution < 1.29 is 70.7 Å². The third-order valence-electron chi connectivity index (χ3n) is 18.1. The maximum Gasteiger partial charge on any atom is 0.417 e. The predicted octanol–water partition coefficient (Wildman–Crippen LogP) is 13.1. The number of rotatable bonds is 35. The number of imide groups is 1. The minimum absolute atomic E-state index is 0.00842. The Kier molecular flexibility index (Phi) is 28.0. The molecular weight excluding hydrogens is 1110 g/mol. The quantitative estimate of drug-likeness (QED) is 0.0390. The van der Waals surface area contributed by atoms with E-state index in [2.05, 4.69) is 115 Å². The zero-order valence-electron chi connectivity index (χ0n) is 55.2. The molecule has 1 aliphatic heterocycles. The molecule has 1 fully saturated rings. The summed E-state index contributed by atoms with van der Waals surface area (Å²) in [4.78, 5) is 59.5. The fourth-order valence-corrected chi connectivity index (χ4v) is 12.7. The number of hydrogen-bond acceptors (Lipinski definition) is 15. The Labute approximate surface area is 503 Å². The maximum atomic E-state index is 15.6. The zero-order chi connectivity index (χ0) is 63.1. The van der Waals surface area contributed by atoms with Crippen molar-refractivity contribution in [3.63, 3.8) is 0 Å². The molecule has 16 nitrogen and oxygen atoms in total. The van der Waals surface area contributed by atoms with Gasteiger partial charge in [-0.15, -0.1) is 0 Å². The van der Waals surface area contributed by atoms with Gasteiger partial charge in [-0.1, -0.05) is 132 Å². The molecule has 0 unspecified atom stereocenters. The monoisotopic (exact) mass is 1220 g/mol. The van der Waals surface area contributed by atoms with Crippen molar-refractivity contribution in [2.75, 3.05) is 48.4 Å². The Morgan fingerprint density at radius 2 is 1.27 bits per heavy atom. The first-order chi connectivity index (χ1) is 38.3. The minimum atomic E-state index is -2.82. The van der Waals surface area contributed by atoms with Gasteiger partial charge >= 0.3 is 6.09 Å². The van der Waals surface area contributed by atoms with Crippen LogP contribution >= 0.6 is 0 Å². The van der Waals surface area contributed by atoms with Crippen LogP contribution in [0.2, 0.25) is 54.4 Å². The van der Waals surface area contributed by atoms with E-state index in [4.69, 9.17) is 46.4 Å². The highest BCUT2D eigenvalue weighted by molar-refractivity contribution is 6.75. The van der Waals surface area contributed by atoms with E-state index in [0.717, 1.165) is 33.8 Å². The van der Waals surface area contributed by atoms with Gasteiger partial charge in [-0.05, 0) is 109 Å². The fourth-order valence-electron chi connectivity index (χ4n) is 9.02. The van der Waals surface area contributed by atoms with E-state index >= 15 is 4.79 Å². The van der Waals surface area contributed by atoms with Gasteiger partial charge in [-0.2, -0.15) is 0 Å². The summed E-state index contributed by atoms with van der Waals surface area (Å²) in [7, 11) is -1.47. The summed E-state index contributed by atoms with van der Waals surface area (Å²) < 4.78 is 62.5. The van der Waals surface area contributed by atoms with Crippen LogP contribution in [-0.2, 0) is 69.1 Å². The lowest BCUT2D eigenvalue weighted by Crippen LogP contribution is -2.56. The molecule has 9 atom stereocenters. The first-order valence-electron chi connectivity index (χ1n) is 29.7. The first-order valence-corrected chi connectivity index (χ1v) is 38.4.